The van der Waals surface area contributed by atoms with Gasteiger partial charge < -0.3 is 10.6 Å². The quantitative estimate of drug-likeness (QED) is 0.729. The molecule has 1 atom stereocenters. The van der Waals surface area contributed by atoms with Crippen LogP contribution in [-0.2, 0) is 4.79 Å². The van der Waals surface area contributed by atoms with Crippen LogP contribution in [-0.4, -0.2) is 41.4 Å². The number of hydrogen-bond acceptors (Lipinski definition) is 3. The van der Waals surface area contributed by atoms with Crippen molar-refractivity contribution in [2.24, 2.45) is 5.73 Å². The Hall–Kier alpha value is -0.220. The first-order valence-electron chi connectivity index (χ1n) is 4.86. The molecule has 1 rings (SSSR count). The summed E-state index contributed by atoms with van der Waals surface area (Å²) in [5.74, 6) is 1.91. The maximum absolute atomic E-state index is 11.5. The number of hydrogen-bond donors (Lipinski definition) is 1. The number of nitrogens with zero attached hydrogens (tertiary/aromatic N) is 1. The molecule has 0 bridgehead atoms. The van der Waals surface area contributed by atoms with Crippen LogP contribution in [0.25, 0.3) is 0 Å². The lowest BCUT2D eigenvalue weighted by atomic mass is 10.2. The highest BCUT2D eigenvalue weighted by atomic mass is 32.2. The summed E-state index contributed by atoms with van der Waals surface area (Å²) in [6.07, 6.45) is 2.22. The van der Waals surface area contributed by atoms with Gasteiger partial charge in [0.05, 0.1) is 11.8 Å². The smallest absolute Gasteiger partial charge is 0.232 e. The fourth-order valence-corrected chi connectivity index (χ4v) is 2.54. The zero-order valence-corrected chi connectivity index (χ0v) is 8.98. The van der Waals surface area contributed by atoms with Crippen molar-refractivity contribution >= 4 is 17.7 Å². The maximum Gasteiger partial charge on any atom is 0.232 e. The van der Waals surface area contributed by atoms with Crippen LogP contribution in [0.4, 0.5) is 0 Å². The summed E-state index contributed by atoms with van der Waals surface area (Å²) >= 11 is 1.70. The van der Waals surface area contributed by atoms with E-state index in [0.717, 1.165) is 25.1 Å². The lowest BCUT2D eigenvalue weighted by Crippen LogP contribution is -2.50. The van der Waals surface area contributed by atoms with Gasteiger partial charge in [0.25, 0.3) is 0 Å². The van der Waals surface area contributed by atoms with E-state index < -0.39 is 0 Å². The predicted octanol–water partition coefficient (Wildman–Crippen LogP) is 0.689. The maximum atomic E-state index is 11.5. The Bertz CT molecular complexity index is 175. The molecule has 2 N–H and O–H groups in total. The van der Waals surface area contributed by atoms with Crippen LogP contribution in [0.5, 0.6) is 0 Å². The van der Waals surface area contributed by atoms with Crippen molar-refractivity contribution in [1.29, 1.82) is 0 Å². The van der Waals surface area contributed by atoms with E-state index in [-0.39, 0.29) is 11.9 Å². The van der Waals surface area contributed by atoms with Crippen LogP contribution in [0, 0.1) is 0 Å². The number of amides is 1. The highest BCUT2D eigenvalue weighted by molar-refractivity contribution is 8.00. The van der Waals surface area contributed by atoms with E-state index in [0.29, 0.717) is 12.3 Å². The summed E-state index contributed by atoms with van der Waals surface area (Å²) in [6.45, 7) is 3.63. The summed E-state index contributed by atoms with van der Waals surface area (Å²) in [7, 11) is 0. The van der Waals surface area contributed by atoms with E-state index in [2.05, 4.69) is 6.92 Å². The third kappa shape index (κ3) is 2.88. The minimum Gasteiger partial charge on any atom is -0.337 e. The van der Waals surface area contributed by atoms with Gasteiger partial charge in [-0.05, 0) is 6.42 Å². The summed E-state index contributed by atoms with van der Waals surface area (Å²) in [5, 5.41) is 0. The number of nitrogens with two attached hydrogens (primary N) is 1. The van der Waals surface area contributed by atoms with Crippen LogP contribution >= 0.6 is 11.8 Å². The fraction of sp³-hybridized carbons (Fsp3) is 0.889. The SMILES string of the molecule is CCCCN1C(=O)CSCC1CN. The fourth-order valence-electron chi connectivity index (χ4n) is 1.49. The van der Waals surface area contributed by atoms with Crippen LogP contribution in [0.3, 0.4) is 0 Å². The van der Waals surface area contributed by atoms with Crippen molar-refractivity contribution < 1.29 is 4.79 Å². The van der Waals surface area contributed by atoms with E-state index in [1.54, 1.807) is 11.8 Å². The van der Waals surface area contributed by atoms with Gasteiger partial charge in [0.1, 0.15) is 0 Å². The van der Waals surface area contributed by atoms with Gasteiger partial charge in [-0.15, -0.1) is 11.8 Å². The Morgan fingerprint density at radius 1 is 1.69 bits per heavy atom. The van der Waals surface area contributed by atoms with Gasteiger partial charge in [0.15, 0.2) is 0 Å². The van der Waals surface area contributed by atoms with Gasteiger partial charge in [-0.3, -0.25) is 4.79 Å². The minimum atomic E-state index is 0.264. The van der Waals surface area contributed by atoms with Crippen LogP contribution in [0.2, 0.25) is 0 Å². The third-order valence-corrected chi connectivity index (χ3v) is 3.39. The Balaban J connectivity index is 2.46. The first-order valence-corrected chi connectivity index (χ1v) is 6.02. The molecule has 1 amide bonds. The molecule has 1 saturated heterocycles. The van der Waals surface area contributed by atoms with Crippen molar-refractivity contribution in [2.45, 2.75) is 25.8 Å². The van der Waals surface area contributed by atoms with Crippen LogP contribution in [0.1, 0.15) is 19.8 Å². The average molecular weight is 202 g/mol. The van der Waals surface area contributed by atoms with Gasteiger partial charge in [0.2, 0.25) is 5.91 Å². The molecule has 0 aromatic carbocycles. The van der Waals surface area contributed by atoms with Crippen LogP contribution in [0.15, 0.2) is 0 Å². The van der Waals surface area contributed by atoms with Gasteiger partial charge in [0, 0.05) is 18.8 Å². The van der Waals surface area contributed by atoms with Crippen molar-refractivity contribution in [3.63, 3.8) is 0 Å². The monoisotopic (exact) mass is 202 g/mol. The highest BCUT2D eigenvalue weighted by Gasteiger charge is 2.26. The third-order valence-electron chi connectivity index (χ3n) is 2.32. The highest BCUT2D eigenvalue weighted by Crippen LogP contribution is 2.17. The molecule has 1 aliphatic rings. The van der Waals surface area contributed by atoms with Crippen molar-refractivity contribution in [1.82, 2.24) is 4.90 Å². The molecule has 1 aliphatic heterocycles. The van der Waals surface area contributed by atoms with Crippen LogP contribution < -0.4 is 5.73 Å². The molecule has 0 saturated carbocycles. The molecule has 1 unspecified atom stereocenters. The molecule has 0 aromatic heterocycles. The van der Waals surface area contributed by atoms with Gasteiger partial charge >= 0.3 is 0 Å². The molecule has 4 heteroatoms. The molecule has 1 fully saturated rings. The van der Waals surface area contributed by atoms with E-state index >= 15 is 0 Å². The standard InChI is InChI=1S/C9H18N2OS/c1-2-3-4-11-8(5-10)6-13-7-9(11)12/h8H,2-7,10H2,1H3. The summed E-state index contributed by atoms with van der Waals surface area (Å²) in [6, 6.07) is 0.276. The van der Waals surface area contributed by atoms with Gasteiger partial charge in [-0.25, -0.2) is 0 Å². The Labute approximate surface area is 84.0 Å². The van der Waals surface area contributed by atoms with E-state index in [1.807, 2.05) is 4.90 Å². The van der Waals surface area contributed by atoms with E-state index in [4.69, 9.17) is 5.73 Å². The first-order chi connectivity index (χ1) is 6.29. The molecule has 1 heterocycles. The zero-order valence-electron chi connectivity index (χ0n) is 8.16. The number of carbonyl (C=O) groups excluding carboxylic acids is 1. The second-order valence-corrected chi connectivity index (χ2v) is 4.38. The molecule has 0 radical (unpaired) electrons. The lowest BCUT2D eigenvalue weighted by molar-refractivity contribution is -0.130. The molecule has 0 aliphatic carbocycles. The summed E-state index contributed by atoms with van der Waals surface area (Å²) in [4.78, 5) is 13.5. The van der Waals surface area contributed by atoms with Crippen molar-refractivity contribution in [2.75, 3.05) is 24.6 Å². The van der Waals surface area contributed by atoms with Crippen molar-refractivity contribution in [3.8, 4) is 0 Å². The molecular weight excluding hydrogens is 184 g/mol. The lowest BCUT2D eigenvalue weighted by Gasteiger charge is -2.34. The normalized spacial score (nSPS) is 23.7. The van der Waals surface area contributed by atoms with E-state index in [1.165, 1.54) is 0 Å². The molecule has 76 valence electrons. The number of unbranched alkanes of at least 4 members (excludes halogenated alkanes) is 1. The second kappa shape index (κ2) is 5.50. The summed E-state index contributed by atoms with van der Waals surface area (Å²) < 4.78 is 0. The predicted molar refractivity (Wildman–Crippen MR) is 56.8 cm³/mol. The molecular formula is C9H18N2OS. The molecule has 13 heavy (non-hydrogen) atoms. The topological polar surface area (TPSA) is 46.3 Å². The minimum absolute atomic E-state index is 0.264. The first kappa shape index (κ1) is 10.9. The number of thioether (sulfide) groups is 1. The van der Waals surface area contributed by atoms with Crippen molar-refractivity contribution in [3.05, 3.63) is 0 Å². The van der Waals surface area contributed by atoms with E-state index in [9.17, 15) is 4.79 Å². The molecule has 0 aromatic rings. The number of carbonyl (C=O) groups is 1. The molecule has 0 spiro atoms. The average Bonchev–Trinajstić information content (AvgIpc) is 2.15. The largest absolute Gasteiger partial charge is 0.337 e. The van der Waals surface area contributed by atoms with Gasteiger partial charge in [-0.2, -0.15) is 0 Å². The zero-order chi connectivity index (χ0) is 9.68. The number of rotatable bonds is 4. The Kier molecular flexibility index (Phi) is 4.59. The Morgan fingerprint density at radius 2 is 2.46 bits per heavy atom. The summed E-state index contributed by atoms with van der Waals surface area (Å²) in [5.41, 5.74) is 5.62. The Morgan fingerprint density at radius 3 is 3.08 bits per heavy atom. The molecule has 3 nitrogen and oxygen atoms in total. The van der Waals surface area contributed by atoms with Gasteiger partial charge in [-0.1, -0.05) is 13.3 Å². The second-order valence-electron chi connectivity index (χ2n) is 3.35.